The van der Waals surface area contributed by atoms with Gasteiger partial charge in [-0.2, -0.15) is 0 Å². The van der Waals surface area contributed by atoms with Crippen LogP contribution in [0.5, 0.6) is 28.7 Å². The van der Waals surface area contributed by atoms with Crippen molar-refractivity contribution in [2.75, 3.05) is 0 Å². The van der Waals surface area contributed by atoms with Crippen LogP contribution in [0.2, 0.25) is 0 Å². The summed E-state index contributed by atoms with van der Waals surface area (Å²) in [4.78, 5) is 0. The zero-order valence-electron chi connectivity index (χ0n) is 19.5. The second-order valence-corrected chi connectivity index (χ2v) is 9.07. The number of phenolic OH excluding ortho intramolecular Hbond substituents is 5. The molecule has 0 aliphatic heterocycles. The van der Waals surface area contributed by atoms with Gasteiger partial charge in [0.25, 0.3) is 0 Å². The molecule has 0 aromatic heterocycles. The zero-order chi connectivity index (χ0) is 25.2. The lowest BCUT2D eigenvalue weighted by Gasteiger charge is -2.18. The molecule has 5 nitrogen and oxygen atoms in total. The normalized spacial score (nSPS) is 11.1. The van der Waals surface area contributed by atoms with Crippen LogP contribution in [0.15, 0.2) is 91.0 Å². The van der Waals surface area contributed by atoms with E-state index in [0.717, 1.165) is 27.8 Å². The highest BCUT2D eigenvalue weighted by Gasteiger charge is 2.19. The third-order valence-corrected chi connectivity index (χ3v) is 6.47. The Morgan fingerprint density at radius 3 is 1.28 bits per heavy atom. The highest BCUT2D eigenvalue weighted by molar-refractivity contribution is 5.99. The molecule has 0 heterocycles. The summed E-state index contributed by atoms with van der Waals surface area (Å²) < 4.78 is 0. The van der Waals surface area contributed by atoms with Gasteiger partial charge in [0.2, 0.25) is 0 Å². The molecular weight excluding hydrogens is 452 g/mol. The highest BCUT2D eigenvalue weighted by Crippen LogP contribution is 2.41. The van der Waals surface area contributed by atoms with Gasteiger partial charge in [-0.25, -0.2) is 0 Å². The van der Waals surface area contributed by atoms with Crippen LogP contribution in [0.1, 0.15) is 33.4 Å². The third-order valence-electron chi connectivity index (χ3n) is 6.47. The molecule has 5 rings (SSSR count). The first-order chi connectivity index (χ1) is 17.4. The quantitative estimate of drug-likeness (QED) is 0.202. The lowest BCUT2D eigenvalue weighted by Crippen LogP contribution is -1.99. The van der Waals surface area contributed by atoms with Crippen LogP contribution in [0.3, 0.4) is 0 Å². The van der Waals surface area contributed by atoms with Gasteiger partial charge in [-0.3, -0.25) is 0 Å². The summed E-state index contributed by atoms with van der Waals surface area (Å²) in [5, 5.41) is 52.6. The van der Waals surface area contributed by atoms with Gasteiger partial charge in [-0.15, -0.1) is 0 Å². The van der Waals surface area contributed by atoms with Crippen LogP contribution in [0.4, 0.5) is 0 Å². The number of phenols is 5. The molecule has 0 saturated carbocycles. The highest BCUT2D eigenvalue weighted by atomic mass is 16.3. The van der Waals surface area contributed by atoms with E-state index in [0.29, 0.717) is 35.6 Å². The summed E-state index contributed by atoms with van der Waals surface area (Å²) in [6.45, 7) is 0. The minimum atomic E-state index is 0.0831. The second-order valence-electron chi connectivity index (χ2n) is 9.07. The van der Waals surface area contributed by atoms with Gasteiger partial charge in [-0.05, 0) is 88.7 Å². The molecule has 5 aromatic rings. The maximum absolute atomic E-state index is 11.5. The van der Waals surface area contributed by atoms with Gasteiger partial charge in [0.1, 0.15) is 28.7 Å². The molecule has 0 aliphatic rings. The van der Waals surface area contributed by atoms with E-state index in [1.165, 1.54) is 0 Å². The predicted molar refractivity (Wildman–Crippen MR) is 140 cm³/mol. The molecule has 0 fully saturated rings. The number of aromatic hydroxyl groups is 5. The maximum atomic E-state index is 11.5. The summed E-state index contributed by atoms with van der Waals surface area (Å²) in [6.07, 6.45) is 1.45. The lowest BCUT2D eigenvalue weighted by atomic mass is 9.88. The van der Waals surface area contributed by atoms with E-state index in [2.05, 4.69) is 0 Å². The summed E-state index contributed by atoms with van der Waals surface area (Å²) in [5.41, 5.74) is 5.26. The average molecular weight is 479 g/mol. The van der Waals surface area contributed by atoms with Crippen molar-refractivity contribution >= 4 is 10.8 Å². The van der Waals surface area contributed by atoms with E-state index in [4.69, 9.17) is 0 Å². The number of rotatable bonds is 6. The van der Waals surface area contributed by atoms with Crippen LogP contribution in [0, 0.1) is 0 Å². The van der Waals surface area contributed by atoms with Crippen molar-refractivity contribution in [1.29, 1.82) is 0 Å². The summed E-state index contributed by atoms with van der Waals surface area (Å²) >= 11 is 0. The van der Waals surface area contributed by atoms with Crippen molar-refractivity contribution in [3.05, 3.63) is 124 Å². The summed E-state index contributed by atoms with van der Waals surface area (Å²) in [7, 11) is 0. The van der Waals surface area contributed by atoms with Crippen LogP contribution >= 0.6 is 0 Å². The molecule has 36 heavy (non-hydrogen) atoms. The molecule has 0 radical (unpaired) electrons. The smallest absolute Gasteiger partial charge is 0.127 e. The van der Waals surface area contributed by atoms with Crippen molar-refractivity contribution in [1.82, 2.24) is 0 Å². The first-order valence-electron chi connectivity index (χ1n) is 11.7. The third kappa shape index (κ3) is 4.77. The van der Waals surface area contributed by atoms with Crippen molar-refractivity contribution in [2.24, 2.45) is 0 Å². The average Bonchev–Trinajstić information content (AvgIpc) is 2.87. The first-order valence-corrected chi connectivity index (χ1v) is 11.7. The van der Waals surface area contributed by atoms with Crippen molar-refractivity contribution < 1.29 is 25.5 Å². The monoisotopic (exact) mass is 478 g/mol. The van der Waals surface area contributed by atoms with E-state index in [1.807, 2.05) is 48.5 Å². The number of hydrogen-bond donors (Lipinski definition) is 5. The second kappa shape index (κ2) is 9.55. The Kier molecular flexibility index (Phi) is 6.13. The number of benzene rings is 5. The van der Waals surface area contributed by atoms with E-state index < -0.39 is 0 Å². The van der Waals surface area contributed by atoms with E-state index in [1.54, 1.807) is 42.5 Å². The first kappa shape index (κ1) is 23.1. The van der Waals surface area contributed by atoms with Crippen molar-refractivity contribution in [2.45, 2.75) is 19.3 Å². The molecule has 180 valence electrons. The fourth-order valence-corrected chi connectivity index (χ4v) is 4.66. The minimum absolute atomic E-state index is 0.0831. The molecule has 5 heteroatoms. The Bertz CT molecular complexity index is 1520. The molecule has 0 saturated heterocycles. The Morgan fingerprint density at radius 1 is 0.389 bits per heavy atom. The molecule has 5 aromatic carbocycles. The van der Waals surface area contributed by atoms with Crippen molar-refractivity contribution in [3.8, 4) is 28.7 Å². The van der Waals surface area contributed by atoms with Gasteiger partial charge in [0.05, 0.1) is 0 Å². The topological polar surface area (TPSA) is 101 Å². The van der Waals surface area contributed by atoms with Crippen LogP contribution < -0.4 is 0 Å². The molecule has 0 bridgehead atoms. The van der Waals surface area contributed by atoms with E-state index >= 15 is 0 Å². The van der Waals surface area contributed by atoms with Crippen LogP contribution in [-0.2, 0) is 19.3 Å². The fourth-order valence-electron chi connectivity index (χ4n) is 4.66. The number of fused-ring (bicyclic) bond motifs is 1. The van der Waals surface area contributed by atoms with Gasteiger partial charge in [0.15, 0.2) is 0 Å². The van der Waals surface area contributed by atoms with Gasteiger partial charge >= 0.3 is 0 Å². The minimum Gasteiger partial charge on any atom is -0.508 e. The Morgan fingerprint density at radius 2 is 0.806 bits per heavy atom. The van der Waals surface area contributed by atoms with Crippen molar-refractivity contribution in [3.63, 3.8) is 0 Å². The standard InChI is InChI=1S/C31H26O5/c32-25-8-1-19(2-9-25)15-22-7-14-28(35)29-23(16-20-3-10-26(33)11-4-20)18-24(31(36)30(22)29)17-21-5-12-27(34)13-6-21/h1-14,18,32-36H,15-17H2. The summed E-state index contributed by atoms with van der Waals surface area (Å²) in [6, 6.07) is 26.1. The molecule has 0 amide bonds. The Hall–Kier alpha value is -4.64. The molecule has 0 aliphatic carbocycles. The summed E-state index contributed by atoms with van der Waals surface area (Å²) in [5.74, 6) is 0.735. The maximum Gasteiger partial charge on any atom is 0.127 e. The predicted octanol–water partition coefficient (Wildman–Crippen LogP) is 6.14. The largest absolute Gasteiger partial charge is 0.508 e. The van der Waals surface area contributed by atoms with Crippen LogP contribution in [0.25, 0.3) is 10.8 Å². The molecule has 0 spiro atoms. The molecule has 0 atom stereocenters. The van der Waals surface area contributed by atoms with Gasteiger partial charge in [-0.1, -0.05) is 48.5 Å². The Balaban J connectivity index is 1.68. The molecular formula is C31H26O5. The number of hydrogen-bond acceptors (Lipinski definition) is 5. The SMILES string of the molecule is Oc1ccc(Cc2cc(Cc3ccc(O)cc3)c3c(O)ccc(Cc4ccc(O)cc4)c3c2O)cc1. The van der Waals surface area contributed by atoms with Gasteiger partial charge < -0.3 is 25.5 Å². The van der Waals surface area contributed by atoms with Gasteiger partial charge in [0, 0.05) is 17.2 Å². The zero-order valence-corrected chi connectivity index (χ0v) is 19.5. The van der Waals surface area contributed by atoms with Crippen LogP contribution in [-0.4, -0.2) is 25.5 Å². The van der Waals surface area contributed by atoms with E-state index in [-0.39, 0.29) is 28.7 Å². The fraction of sp³-hybridized carbons (Fsp3) is 0.0968. The van der Waals surface area contributed by atoms with E-state index in [9.17, 15) is 25.5 Å². The Labute approximate surface area is 208 Å². The molecule has 0 unspecified atom stereocenters. The molecule has 5 N–H and O–H groups in total. The lowest BCUT2D eigenvalue weighted by molar-refractivity contribution is 0.471.